The number of benzene rings is 7. The minimum absolute atomic E-state index is 0.236. The second-order valence-electron chi connectivity index (χ2n) is 12.1. The molecule has 0 fully saturated rings. The van der Waals surface area contributed by atoms with Crippen molar-refractivity contribution in [1.29, 1.82) is 0 Å². The Hall–Kier alpha value is -5.86. The number of hydrogen-bond donors (Lipinski definition) is 0. The maximum atomic E-state index is 2.48. The highest BCUT2D eigenvalue weighted by Gasteiger charge is 2.29. The zero-order valence-corrected chi connectivity index (χ0v) is 24.6. The Morgan fingerprint density at radius 2 is 0.911 bits per heavy atom. The van der Waals surface area contributed by atoms with Gasteiger partial charge >= 0.3 is 0 Å². The minimum atomic E-state index is 0.236. The van der Waals surface area contributed by atoms with E-state index in [1.807, 2.05) is 0 Å². The van der Waals surface area contributed by atoms with Crippen LogP contribution < -0.4 is 0 Å². The van der Waals surface area contributed by atoms with Crippen LogP contribution in [0, 0.1) is 0 Å². The van der Waals surface area contributed by atoms with E-state index in [1.54, 1.807) is 0 Å². The number of nitrogens with zero attached hydrogens (tertiary/aromatic N) is 2. The lowest BCUT2D eigenvalue weighted by Crippen LogP contribution is -2.00. The zero-order chi connectivity index (χ0) is 29.5. The molecule has 0 bridgehead atoms. The first kappa shape index (κ1) is 24.6. The highest BCUT2D eigenvalue weighted by molar-refractivity contribution is 6.26. The van der Waals surface area contributed by atoms with Gasteiger partial charge in [-0.3, -0.25) is 0 Å². The molecular weight excluding hydrogens is 544 g/mol. The summed E-state index contributed by atoms with van der Waals surface area (Å²) in [4.78, 5) is 0. The first-order chi connectivity index (χ1) is 22.4. The molecule has 0 N–H and O–H groups in total. The molecule has 0 aliphatic heterocycles. The Balaban J connectivity index is 1.24. The number of rotatable bonds is 3. The maximum absolute atomic E-state index is 2.48. The number of para-hydroxylation sites is 3. The molecule has 1 aliphatic rings. The lowest BCUT2D eigenvalue weighted by Gasteiger charge is -2.16. The van der Waals surface area contributed by atoms with Crippen molar-refractivity contribution in [2.75, 3.05) is 0 Å². The summed E-state index contributed by atoms with van der Waals surface area (Å²) in [7, 11) is 0. The van der Waals surface area contributed by atoms with Crippen LogP contribution in [0.2, 0.25) is 0 Å². The molecule has 0 spiro atoms. The molecule has 2 heteroatoms. The van der Waals surface area contributed by atoms with Gasteiger partial charge in [-0.2, -0.15) is 0 Å². The third-order valence-corrected chi connectivity index (χ3v) is 9.80. The molecule has 0 radical (unpaired) electrons. The second-order valence-corrected chi connectivity index (χ2v) is 12.1. The van der Waals surface area contributed by atoms with Crippen molar-refractivity contribution in [3.8, 4) is 22.5 Å². The zero-order valence-electron chi connectivity index (χ0n) is 24.6. The molecule has 10 rings (SSSR count). The smallest absolute Gasteiger partial charge is 0.0641 e. The van der Waals surface area contributed by atoms with E-state index in [0.717, 1.165) is 0 Å². The summed E-state index contributed by atoms with van der Waals surface area (Å²) in [6, 6.07) is 60.1. The molecule has 210 valence electrons. The van der Waals surface area contributed by atoms with E-state index in [2.05, 4.69) is 173 Å². The maximum Gasteiger partial charge on any atom is 0.0641 e. The number of hydrogen-bond acceptors (Lipinski definition) is 0. The van der Waals surface area contributed by atoms with E-state index in [-0.39, 0.29) is 5.92 Å². The van der Waals surface area contributed by atoms with E-state index in [4.69, 9.17) is 0 Å². The summed E-state index contributed by atoms with van der Waals surface area (Å²) < 4.78 is 4.89. The van der Waals surface area contributed by atoms with Crippen molar-refractivity contribution in [2.24, 2.45) is 0 Å². The minimum Gasteiger partial charge on any atom is -0.309 e. The third-order valence-electron chi connectivity index (χ3n) is 9.80. The molecule has 0 unspecified atom stereocenters. The van der Waals surface area contributed by atoms with Gasteiger partial charge in [0.2, 0.25) is 0 Å². The summed E-state index contributed by atoms with van der Waals surface area (Å²) in [5.41, 5.74) is 14.1. The van der Waals surface area contributed by atoms with Crippen LogP contribution in [-0.4, -0.2) is 9.13 Å². The Kier molecular flexibility index (Phi) is 5.09. The number of fused-ring (bicyclic) bond motifs is 10. The van der Waals surface area contributed by atoms with E-state index >= 15 is 0 Å². The average Bonchev–Trinajstić information content (AvgIpc) is 3.75. The van der Waals surface area contributed by atoms with E-state index in [9.17, 15) is 0 Å². The Bertz CT molecular complexity index is 2540. The SMILES string of the molecule is c1ccc(-n2c3ccccc3c3c2ccc2c4ccccc4n(-c4ccc(C5c6ccccc6-c6ccccc65)cc4)c23)cc1. The van der Waals surface area contributed by atoms with Crippen molar-refractivity contribution >= 4 is 43.6 Å². The van der Waals surface area contributed by atoms with Gasteiger partial charge in [0.1, 0.15) is 0 Å². The molecule has 2 aromatic heterocycles. The van der Waals surface area contributed by atoms with Gasteiger partial charge in [0, 0.05) is 38.8 Å². The molecule has 2 heterocycles. The fraction of sp³-hybridized carbons (Fsp3) is 0.0233. The standard InChI is InChI=1S/C43H28N2/c1-2-12-29(13-3-1)44-39-21-11-9-19-37(39)42-40(44)27-26-36-33-16-8-10-20-38(33)45(43(36)42)30-24-22-28(23-25-30)41-34-17-6-4-14-31(34)32-15-5-7-18-35(32)41/h1-27,41H. The van der Waals surface area contributed by atoms with Crippen LogP contribution in [0.3, 0.4) is 0 Å². The van der Waals surface area contributed by atoms with Crippen LogP contribution in [0.1, 0.15) is 22.6 Å². The summed E-state index contributed by atoms with van der Waals surface area (Å²) in [6.45, 7) is 0. The van der Waals surface area contributed by atoms with Crippen LogP contribution in [0.25, 0.3) is 66.1 Å². The van der Waals surface area contributed by atoms with Crippen molar-refractivity contribution < 1.29 is 0 Å². The van der Waals surface area contributed by atoms with Gasteiger partial charge in [-0.25, -0.2) is 0 Å². The van der Waals surface area contributed by atoms with Crippen LogP contribution in [0.4, 0.5) is 0 Å². The number of aromatic nitrogens is 2. The molecule has 0 saturated carbocycles. The first-order valence-electron chi connectivity index (χ1n) is 15.7. The molecule has 2 nitrogen and oxygen atoms in total. The lowest BCUT2D eigenvalue weighted by molar-refractivity contribution is 1.01. The fourth-order valence-electron chi connectivity index (χ4n) is 7.96. The van der Waals surface area contributed by atoms with Gasteiger partial charge in [0.25, 0.3) is 0 Å². The molecular formula is C43H28N2. The molecule has 45 heavy (non-hydrogen) atoms. The largest absolute Gasteiger partial charge is 0.309 e. The van der Waals surface area contributed by atoms with Crippen LogP contribution >= 0.6 is 0 Å². The summed E-state index contributed by atoms with van der Waals surface area (Å²) in [5.74, 6) is 0.236. The normalized spacial score (nSPS) is 12.8. The molecule has 7 aromatic carbocycles. The van der Waals surface area contributed by atoms with Gasteiger partial charge in [0.15, 0.2) is 0 Å². The van der Waals surface area contributed by atoms with Gasteiger partial charge in [-0.15, -0.1) is 0 Å². The molecule has 0 saturated heterocycles. The monoisotopic (exact) mass is 572 g/mol. The highest BCUT2D eigenvalue weighted by atomic mass is 15.0. The predicted molar refractivity (Wildman–Crippen MR) is 188 cm³/mol. The van der Waals surface area contributed by atoms with Crippen molar-refractivity contribution in [3.63, 3.8) is 0 Å². The first-order valence-corrected chi connectivity index (χ1v) is 15.7. The van der Waals surface area contributed by atoms with E-state index in [1.165, 1.54) is 82.8 Å². The van der Waals surface area contributed by atoms with Gasteiger partial charge in [-0.05, 0) is 70.3 Å². The Morgan fingerprint density at radius 3 is 1.62 bits per heavy atom. The summed E-state index contributed by atoms with van der Waals surface area (Å²) in [6.07, 6.45) is 0. The fourth-order valence-corrected chi connectivity index (χ4v) is 7.96. The summed E-state index contributed by atoms with van der Waals surface area (Å²) in [5, 5.41) is 5.10. The predicted octanol–water partition coefficient (Wildman–Crippen LogP) is 11.0. The topological polar surface area (TPSA) is 9.86 Å². The van der Waals surface area contributed by atoms with Crippen LogP contribution in [0.5, 0.6) is 0 Å². The molecule has 9 aromatic rings. The molecule has 1 aliphatic carbocycles. The van der Waals surface area contributed by atoms with Gasteiger partial charge < -0.3 is 9.13 Å². The van der Waals surface area contributed by atoms with E-state index < -0.39 is 0 Å². The third kappa shape index (κ3) is 3.39. The van der Waals surface area contributed by atoms with E-state index in [0.29, 0.717) is 0 Å². The molecule has 0 amide bonds. The van der Waals surface area contributed by atoms with Crippen LogP contribution in [-0.2, 0) is 0 Å². The van der Waals surface area contributed by atoms with Crippen molar-refractivity contribution in [1.82, 2.24) is 9.13 Å². The van der Waals surface area contributed by atoms with Crippen molar-refractivity contribution in [3.05, 3.63) is 180 Å². The van der Waals surface area contributed by atoms with Gasteiger partial charge in [0.05, 0.1) is 22.1 Å². The lowest BCUT2D eigenvalue weighted by atomic mass is 9.89. The van der Waals surface area contributed by atoms with Crippen LogP contribution in [0.15, 0.2) is 164 Å². The quantitative estimate of drug-likeness (QED) is 0.199. The van der Waals surface area contributed by atoms with Crippen molar-refractivity contribution in [2.45, 2.75) is 5.92 Å². The second kappa shape index (κ2) is 9.32. The Labute approximate surface area is 261 Å². The average molecular weight is 573 g/mol. The summed E-state index contributed by atoms with van der Waals surface area (Å²) >= 11 is 0. The Morgan fingerprint density at radius 1 is 0.356 bits per heavy atom. The molecule has 0 atom stereocenters. The van der Waals surface area contributed by atoms with Gasteiger partial charge in [-0.1, -0.05) is 121 Å². The highest BCUT2D eigenvalue weighted by Crippen LogP contribution is 2.48.